The number of hydrogen-bond donors (Lipinski definition) is 1. The van der Waals surface area contributed by atoms with Gasteiger partial charge >= 0.3 is 5.97 Å². The van der Waals surface area contributed by atoms with Crippen molar-refractivity contribution >= 4 is 23.5 Å². The van der Waals surface area contributed by atoms with Crippen LogP contribution in [0.4, 0.5) is 5.82 Å². The average molecular weight is 488 g/mol. The minimum absolute atomic E-state index is 0.566. The molecule has 0 aliphatic heterocycles. The van der Waals surface area contributed by atoms with Gasteiger partial charge in [-0.3, -0.25) is 4.79 Å². The predicted octanol–water partition coefficient (Wildman–Crippen LogP) is 6.13. The summed E-state index contributed by atoms with van der Waals surface area (Å²) in [6, 6.07) is 22.3. The monoisotopic (exact) mass is 487 g/mol. The highest BCUT2D eigenvalue weighted by molar-refractivity contribution is 8.01. The Bertz CT molecular complexity index is 1270. The van der Waals surface area contributed by atoms with Crippen molar-refractivity contribution in [1.82, 2.24) is 9.97 Å². The highest BCUT2D eigenvalue weighted by atomic mass is 32.2. The summed E-state index contributed by atoms with van der Waals surface area (Å²) in [5.41, 5.74) is 4.48. The van der Waals surface area contributed by atoms with Crippen molar-refractivity contribution in [2.75, 3.05) is 4.90 Å². The molecule has 0 atom stereocenters. The molecule has 2 aromatic heterocycles. The van der Waals surface area contributed by atoms with Crippen molar-refractivity contribution in [2.45, 2.75) is 49.9 Å². The molecule has 0 saturated heterocycles. The van der Waals surface area contributed by atoms with Crippen molar-refractivity contribution < 1.29 is 14.3 Å². The van der Waals surface area contributed by atoms with Crippen LogP contribution >= 0.6 is 11.8 Å². The van der Waals surface area contributed by atoms with Crippen LogP contribution in [0.5, 0.6) is 0 Å². The number of aryl methyl sites for hydroxylation is 1. The smallest absolute Gasteiger partial charge is 0.319 e. The Morgan fingerprint density at radius 3 is 2.49 bits per heavy atom. The molecule has 6 nitrogen and oxygen atoms in total. The number of aliphatic carboxylic acids is 1. The van der Waals surface area contributed by atoms with Gasteiger partial charge < -0.3 is 14.4 Å². The van der Waals surface area contributed by atoms with Gasteiger partial charge in [0, 0.05) is 23.9 Å². The first-order valence-electron chi connectivity index (χ1n) is 11.4. The molecular weight excluding hydrogens is 458 g/mol. The van der Waals surface area contributed by atoms with Crippen LogP contribution < -0.4 is 4.90 Å². The fourth-order valence-electron chi connectivity index (χ4n) is 3.72. The lowest BCUT2D eigenvalue weighted by molar-refractivity contribution is -0.138. The van der Waals surface area contributed by atoms with Gasteiger partial charge in [-0.15, -0.1) is 11.8 Å². The Balaban J connectivity index is 1.54. The van der Waals surface area contributed by atoms with Crippen LogP contribution in [-0.4, -0.2) is 25.8 Å². The highest BCUT2D eigenvalue weighted by Crippen LogP contribution is 2.33. The molecule has 7 heteroatoms. The summed E-state index contributed by atoms with van der Waals surface area (Å²) in [5, 5.41) is 9.41. The fourth-order valence-corrected chi connectivity index (χ4v) is 4.67. The maximum absolute atomic E-state index is 11.5. The summed E-state index contributed by atoms with van der Waals surface area (Å²) in [5.74, 6) is 0.838. The van der Waals surface area contributed by atoms with Crippen LogP contribution in [0.15, 0.2) is 88.6 Å². The number of benzene rings is 2. The minimum Gasteiger partial charge on any atom is -0.480 e. The van der Waals surface area contributed by atoms with E-state index in [0.717, 1.165) is 34.2 Å². The summed E-state index contributed by atoms with van der Waals surface area (Å²) in [4.78, 5) is 23.6. The van der Waals surface area contributed by atoms with E-state index >= 15 is 0 Å². The van der Waals surface area contributed by atoms with Crippen molar-refractivity contribution in [1.29, 1.82) is 0 Å². The molecular formula is C28H29N3O3S. The van der Waals surface area contributed by atoms with E-state index in [1.165, 1.54) is 22.9 Å². The molecule has 0 saturated carbocycles. The molecule has 0 fully saturated rings. The third kappa shape index (κ3) is 6.73. The third-order valence-electron chi connectivity index (χ3n) is 5.61. The lowest BCUT2D eigenvalue weighted by atomic mass is 10.1. The van der Waals surface area contributed by atoms with Crippen LogP contribution in [-0.2, 0) is 24.3 Å². The Morgan fingerprint density at radius 2 is 1.80 bits per heavy atom. The van der Waals surface area contributed by atoms with E-state index in [2.05, 4.69) is 46.1 Å². The van der Waals surface area contributed by atoms with Gasteiger partial charge in [-0.05, 0) is 56.2 Å². The van der Waals surface area contributed by atoms with Crippen molar-refractivity contribution in [3.8, 4) is 0 Å². The van der Waals surface area contributed by atoms with Crippen LogP contribution in [0.3, 0.4) is 0 Å². The number of carboxylic acids is 1. The molecule has 35 heavy (non-hydrogen) atoms. The fraction of sp³-hybridized carbons (Fsp3) is 0.250. The zero-order valence-corrected chi connectivity index (χ0v) is 21.0. The number of carbonyl (C=O) groups is 1. The second-order valence-electron chi connectivity index (χ2n) is 9.03. The van der Waals surface area contributed by atoms with Crippen LogP contribution in [0.1, 0.15) is 42.0 Å². The number of thioether (sulfide) groups is 1. The van der Waals surface area contributed by atoms with Crippen LogP contribution in [0, 0.1) is 6.92 Å². The second-order valence-corrected chi connectivity index (χ2v) is 10.7. The molecule has 0 spiro atoms. The van der Waals surface area contributed by atoms with E-state index < -0.39 is 10.7 Å². The Labute approximate surface area is 210 Å². The van der Waals surface area contributed by atoms with Gasteiger partial charge in [-0.25, -0.2) is 9.97 Å². The molecule has 0 aliphatic carbocycles. The number of aromatic nitrogens is 2. The molecule has 2 aromatic carbocycles. The largest absolute Gasteiger partial charge is 0.480 e. The van der Waals surface area contributed by atoms with Gasteiger partial charge in [0.2, 0.25) is 0 Å². The summed E-state index contributed by atoms with van der Waals surface area (Å²) in [7, 11) is 0. The van der Waals surface area contributed by atoms with Gasteiger partial charge in [0.15, 0.2) is 0 Å². The SMILES string of the molecule is Cc1cccc(Cc2cc(N(Cc3ccc(SC(C)(C)C(=O)O)cc3)Cc3ccco3)ncn2)c1. The number of nitrogens with zero attached hydrogens (tertiary/aromatic N) is 3. The first-order chi connectivity index (χ1) is 16.8. The summed E-state index contributed by atoms with van der Waals surface area (Å²) in [6.07, 6.45) is 4.02. The van der Waals surface area contributed by atoms with Gasteiger partial charge in [0.05, 0.1) is 18.5 Å². The number of hydrogen-bond acceptors (Lipinski definition) is 6. The van der Waals surface area contributed by atoms with Gasteiger partial charge in [-0.1, -0.05) is 42.0 Å². The molecule has 0 unspecified atom stereocenters. The number of furan rings is 1. The molecule has 4 rings (SSSR count). The molecule has 0 bridgehead atoms. The summed E-state index contributed by atoms with van der Waals surface area (Å²) < 4.78 is 4.73. The lowest BCUT2D eigenvalue weighted by Crippen LogP contribution is -2.26. The van der Waals surface area contributed by atoms with E-state index in [1.54, 1.807) is 26.4 Å². The lowest BCUT2D eigenvalue weighted by Gasteiger charge is -2.24. The molecule has 4 aromatic rings. The molecule has 180 valence electrons. The minimum atomic E-state index is -0.887. The molecule has 0 amide bonds. The average Bonchev–Trinajstić information content (AvgIpc) is 3.33. The van der Waals surface area contributed by atoms with Crippen molar-refractivity contribution in [3.05, 3.63) is 107 Å². The van der Waals surface area contributed by atoms with Gasteiger partial charge in [0.1, 0.15) is 22.7 Å². The van der Waals surface area contributed by atoms with E-state index in [9.17, 15) is 9.90 Å². The number of anilines is 1. The molecule has 0 aliphatic rings. The van der Waals surface area contributed by atoms with Crippen molar-refractivity contribution in [2.24, 2.45) is 0 Å². The number of rotatable bonds is 10. The highest BCUT2D eigenvalue weighted by Gasteiger charge is 2.28. The molecule has 1 N–H and O–H groups in total. The van der Waals surface area contributed by atoms with E-state index in [1.807, 2.05) is 42.5 Å². The standard InChI is InChI=1S/C28H29N3O3S/c1-20-6-4-7-22(14-20)15-23-16-26(30-19-29-23)31(18-24-8-5-13-34-24)17-21-9-11-25(12-10-21)35-28(2,3)27(32)33/h4-14,16,19H,15,17-18H2,1-3H3,(H,32,33). The van der Waals surface area contributed by atoms with Crippen molar-refractivity contribution in [3.63, 3.8) is 0 Å². The summed E-state index contributed by atoms with van der Waals surface area (Å²) in [6.45, 7) is 6.70. The Morgan fingerprint density at radius 1 is 1.00 bits per heavy atom. The molecule has 0 radical (unpaired) electrons. The summed E-state index contributed by atoms with van der Waals surface area (Å²) >= 11 is 1.34. The van der Waals surface area contributed by atoms with E-state index in [0.29, 0.717) is 13.1 Å². The van der Waals surface area contributed by atoms with Crippen LogP contribution in [0.2, 0.25) is 0 Å². The zero-order valence-electron chi connectivity index (χ0n) is 20.1. The normalized spacial score (nSPS) is 11.4. The maximum atomic E-state index is 11.5. The first kappa shape index (κ1) is 24.5. The van der Waals surface area contributed by atoms with E-state index in [-0.39, 0.29) is 0 Å². The second kappa shape index (κ2) is 10.8. The quantitative estimate of drug-likeness (QED) is 0.270. The predicted molar refractivity (Wildman–Crippen MR) is 139 cm³/mol. The zero-order chi connectivity index (χ0) is 24.8. The topological polar surface area (TPSA) is 79.5 Å². The van der Waals surface area contributed by atoms with Crippen LogP contribution in [0.25, 0.3) is 0 Å². The Kier molecular flexibility index (Phi) is 7.56. The van der Waals surface area contributed by atoms with Gasteiger partial charge in [-0.2, -0.15) is 0 Å². The molecule has 2 heterocycles. The first-order valence-corrected chi connectivity index (χ1v) is 12.3. The maximum Gasteiger partial charge on any atom is 0.319 e. The van der Waals surface area contributed by atoms with Gasteiger partial charge in [0.25, 0.3) is 0 Å². The van der Waals surface area contributed by atoms with E-state index in [4.69, 9.17) is 4.42 Å². The Hall–Kier alpha value is -3.58. The number of carboxylic acid groups (broad SMARTS) is 1. The third-order valence-corrected chi connectivity index (χ3v) is 6.81.